The lowest BCUT2D eigenvalue weighted by Crippen LogP contribution is -2.25. The molecule has 0 atom stereocenters. The van der Waals surface area contributed by atoms with Gasteiger partial charge in [0.2, 0.25) is 0 Å². The predicted octanol–water partition coefficient (Wildman–Crippen LogP) is 5.26. The highest BCUT2D eigenvalue weighted by atomic mass is 32.2. The molecule has 0 aliphatic carbocycles. The van der Waals surface area contributed by atoms with Crippen LogP contribution < -0.4 is 5.56 Å². The summed E-state index contributed by atoms with van der Waals surface area (Å²) in [6.07, 6.45) is 2.67. The molecule has 0 N–H and O–H groups in total. The number of benzene rings is 2. The van der Waals surface area contributed by atoms with E-state index in [4.69, 9.17) is 9.72 Å². The van der Waals surface area contributed by atoms with Crippen LogP contribution in [0.3, 0.4) is 0 Å². The van der Waals surface area contributed by atoms with Crippen LogP contribution in [0.25, 0.3) is 22.2 Å². The molecule has 32 heavy (non-hydrogen) atoms. The molecule has 0 saturated heterocycles. The summed E-state index contributed by atoms with van der Waals surface area (Å²) in [5.74, 6) is 0.254. The van der Waals surface area contributed by atoms with E-state index in [0.717, 1.165) is 16.7 Å². The van der Waals surface area contributed by atoms with Crippen molar-refractivity contribution in [3.8, 4) is 11.1 Å². The van der Waals surface area contributed by atoms with Gasteiger partial charge in [-0.3, -0.25) is 9.36 Å². The third kappa shape index (κ3) is 4.79. The molecule has 4 aromatic rings. The fourth-order valence-electron chi connectivity index (χ4n) is 3.73. The number of ether oxygens (including phenoxy) is 1. The van der Waals surface area contributed by atoms with Crippen molar-refractivity contribution < 1.29 is 9.13 Å². The lowest BCUT2D eigenvalue weighted by Gasteiger charge is -2.13. The second-order valence-electron chi connectivity index (χ2n) is 7.54. The fourth-order valence-corrected chi connectivity index (χ4v) is 4.69. The highest BCUT2D eigenvalue weighted by Gasteiger charge is 2.18. The number of thioether (sulfide) groups is 1. The molecule has 2 aromatic carbocycles. The Morgan fingerprint density at radius 2 is 1.94 bits per heavy atom. The van der Waals surface area contributed by atoms with Gasteiger partial charge in [-0.2, -0.15) is 0 Å². The average Bonchev–Trinajstić information content (AvgIpc) is 3.13. The van der Waals surface area contributed by atoms with Gasteiger partial charge in [-0.15, -0.1) is 0 Å². The van der Waals surface area contributed by atoms with Gasteiger partial charge in [0.15, 0.2) is 5.16 Å². The van der Waals surface area contributed by atoms with Crippen LogP contribution in [0.15, 0.2) is 70.7 Å². The van der Waals surface area contributed by atoms with E-state index in [-0.39, 0.29) is 11.4 Å². The molecule has 0 spiro atoms. The maximum Gasteiger partial charge on any atom is 0.278 e. The molecule has 0 unspecified atom stereocenters. The quantitative estimate of drug-likeness (QED) is 0.198. The third-order valence-electron chi connectivity index (χ3n) is 5.26. The van der Waals surface area contributed by atoms with Crippen LogP contribution in [0.5, 0.6) is 0 Å². The summed E-state index contributed by atoms with van der Waals surface area (Å²) >= 11 is 1.45. The Hall–Kier alpha value is -2.90. The molecule has 0 radical (unpaired) electrons. The maximum absolute atomic E-state index is 13.6. The van der Waals surface area contributed by atoms with Gasteiger partial charge in [-0.05, 0) is 36.6 Å². The van der Waals surface area contributed by atoms with Crippen LogP contribution in [-0.4, -0.2) is 27.3 Å². The van der Waals surface area contributed by atoms with Gasteiger partial charge >= 0.3 is 0 Å². The van der Waals surface area contributed by atoms with Crippen molar-refractivity contribution in [1.82, 2.24) is 14.1 Å². The molecule has 0 aliphatic heterocycles. The third-order valence-corrected chi connectivity index (χ3v) is 6.30. The Bertz CT molecular complexity index is 1270. The van der Waals surface area contributed by atoms with E-state index in [9.17, 15) is 9.18 Å². The minimum atomic E-state index is -0.268. The second-order valence-corrected chi connectivity index (χ2v) is 8.48. The van der Waals surface area contributed by atoms with Crippen LogP contribution in [0.1, 0.15) is 18.9 Å². The Labute approximate surface area is 190 Å². The molecule has 2 heterocycles. The van der Waals surface area contributed by atoms with Gasteiger partial charge in [-0.25, -0.2) is 9.37 Å². The standard InChI is InChI=1S/C25H26FN3O2S/c1-3-31-14-8-13-29-24(30)23-22(21(16-28(23)2)19-10-5-4-6-11-19)27-25(29)32-17-18-9-7-12-20(26)15-18/h4-7,9-12,15-16H,3,8,13-14,17H2,1-2H3. The van der Waals surface area contributed by atoms with Crippen molar-refractivity contribution in [3.05, 3.63) is 82.5 Å². The normalized spacial score (nSPS) is 11.3. The average molecular weight is 452 g/mol. The van der Waals surface area contributed by atoms with Crippen LogP contribution in [0.4, 0.5) is 4.39 Å². The zero-order valence-corrected chi connectivity index (χ0v) is 19.1. The molecule has 2 aromatic heterocycles. The molecular weight excluding hydrogens is 425 g/mol. The van der Waals surface area contributed by atoms with Crippen LogP contribution in [0.2, 0.25) is 0 Å². The molecule has 4 rings (SSSR count). The highest BCUT2D eigenvalue weighted by Crippen LogP contribution is 2.30. The molecule has 0 amide bonds. The first-order chi connectivity index (χ1) is 15.6. The minimum Gasteiger partial charge on any atom is -0.382 e. The number of halogens is 1. The number of aromatic nitrogens is 3. The summed E-state index contributed by atoms with van der Waals surface area (Å²) in [7, 11) is 1.88. The maximum atomic E-state index is 13.6. The molecule has 0 aliphatic rings. The summed E-state index contributed by atoms with van der Waals surface area (Å²) in [6, 6.07) is 16.5. The van der Waals surface area contributed by atoms with Gasteiger partial charge in [0.25, 0.3) is 5.56 Å². The summed E-state index contributed by atoms with van der Waals surface area (Å²) in [5, 5.41) is 0.631. The van der Waals surface area contributed by atoms with E-state index in [1.807, 2.05) is 61.1 Å². The Morgan fingerprint density at radius 3 is 2.69 bits per heavy atom. The Kier molecular flexibility index (Phi) is 7.07. The number of nitrogens with zero attached hydrogens (tertiary/aromatic N) is 3. The Balaban J connectivity index is 1.77. The Morgan fingerprint density at radius 1 is 1.12 bits per heavy atom. The molecule has 166 valence electrons. The molecular formula is C25H26FN3O2S. The molecule has 0 bridgehead atoms. The van der Waals surface area contributed by atoms with Crippen molar-refractivity contribution in [2.24, 2.45) is 7.05 Å². The molecule has 0 fully saturated rings. The van der Waals surface area contributed by atoms with Gasteiger partial charge in [-0.1, -0.05) is 54.2 Å². The fraction of sp³-hybridized carbons (Fsp3) is 0.280. The first-order valence-electron chi connectivity index (χ1n) is 10.7. The zero-order valence-electron chi connectivity index (χ0n) is 18.3. The van der Waals surface area contributed by atoms with Gasteiger partial charge < -0.3 is 9.30 Å². The molecule has 0 saturated carbocycles. The van der Waals surface area contributed by atoms with E-state index in [1.165, 1.54) is 23.9 Å². The van der Waals surface area contributed by atoms with E-state index >= 15 is 0 Å². The topological polar surface area (TPSA) is 49.0 Å². The largest absolute Gasteiger partial charge is 0.382 e. The molecule has 5 nitrogen and oxygen atoms in total. The summed E-state index contributed by atoms with van der Waals surface area (Å²) < 4.78 is 22.7. The van der Waals surface area contributed by atoms with E-state index in [0.29, 0.717) is 48.1 Å². The first kappa shape index (κ1) is 22.3. The van der Waals surface area contributed by atoms with Crippen molar-refractivity contribution >= 4 is 22.8 Å². The number of rotatable bonds is 9. The van der Waals surface area contributed by atoms with E-state index < -0.39 is 0 Å². The summed E-state index contributed by atoms with van der Waals surface area (Å²) in [6.45, 7) is 3.69. The SMILES string of the molecule is CCOCCCn1c(SCc2cccc(F)c2)nc2c(-c3ccccc3)cn(C)c2c1=O. The van der Waals surface area contributed by atoms with Gasteiger partial charge in [0, 0.05) is 44.3 Å². The van der Waals surface area contributed by atoms with E-state index in [2.05, 4.69) is 0 Å². The lowest BCUT2D eigenvalue weighted by molar-refractivity contribution is 0.140. The number of fused-ring (bicyclic) bond motifs is 1. The minimum absolute atomic E-state index is 0.0714. The van der Waals surface area contributed by atoms with Crippen molar-refractivity contribution in [1.29, 1.82) is 0 Å². The monoisotopic (exact) mass is 451 g/mol. The zero-order chi connectivity index (χ0) is 22.5. The predicted molar refractivity (Wildman–Crippen MR) is 127 cm³/mol. The second kappa shape index (κ2) is 10.1. The van der Waals surface area contributed by atoms with E-state index in [1.54, 1.807) is 10.6 Å². The van der Waals surface area contributed by atoms with Crippen LogP contribution in [-0.2, 0) is 24.1 Å². The number of hydrogen-bond donors (Lipinski definition) is 0. The van der Waals surface area contributed by atoms with Gasteiger partial charge in [0.1, 0.15) is 16.9 Å². The highest BCUT2D eigenvalue weighted by molar-refractivity contribution is 7.98. The van der Waals surface area contributed by atoms with Crippen LogP contribution in [0, 0.1) is 5.82 Å². The van der Waals surface area contributed by atoms with Crippen molar-refractivity contribution in [3.63, 3.8) is 0 Å². The summed E-state index contributed by atoms with van der Waals surface area (Å²) in [5.41, 5.74) is 3.98. The van der Waals surface area contributed by atoms with Gasteiger partial charge in [0.05, 0.1) is 0 Å². The van der Waals surface area contributed by atoms with Crippen LogP contribution >= 0.6 is 11.8 Å². The van der Waals surface area contributed by atoms with Crippen molar-refractivity contribution in [2.45, 2.75) is 30.8 Å². The lowest BCUT2D eigenvalue weighted by atomic mass is 10.1. The number of hydrogen-bond acceptors (Lipinski definition) is 4. The number of aryl methyl sites for hydroxylation is 1. The van der Waals surface area contributed by atoms with Crippen molar-refractivity contribution in [2.75, 3.05) is 13.2 Å². The first-order valence-corrected chi connectivity index (χ1v) is 11.7. The summed E-state index contributed by atoms with van der Waals surface area (Å²) in [4.78, 5) is 18.5. The smallest absolute Gasteiger partial charge is 0.278 e. The molecule has 7 heteroatoms.